The van der Waals surface area contributed by atoms with Crippen molar-refractivity contribution < 1.29 is 13.2 Å². The number of primary amides is 1. The van der Waals surface area contributed by atoms with Crippen molar-refractivity contribution in [2.45, 2.75) is 4.90 Å². The molecule has 0 atom stereocenters. The van der Waals surface area contributed by atoms with Gasteiger partial charge in [-0.25, -0.2) is 13.1 Å². The summed E-state index contributed by atoms with van der Waals surface area (Å²) < 4.78 is 25.7. The van der Waals surface area contributed by atoms with Gasteiger partial charge in [-0.05, 0) is 48.3 Å². The van der Waals surface area contributed by atoms with Crippen LogP contribution in [0, 0.1) is 11.2 Å². The first-order valence-corrected chi connectivity index (χ1v) is 10.0. The minimum Gasteiger partial charge on any atom is -0.369 e. The normalized spacial score (nSPS) is 12.3. The molecule has 0 saturated carbocycles. The van der Waals surface area contributed by atoms with E-state index in [-0.39, 0.29) is 4.90 Å². The highest BCUT2D eigenvalue weighted by atomic mass is 32.3. The molecule has 0 aromatic heterocycles. The summed E-state index contributed by atoms with van der Waals surface area (Å²) in [4.78, 5) is 10.7. The Labute approximate surface area is 121 Å². The zero-order chi connectivity index (χ0) is 15.4. The van der Waals surface area contributed by atoms with Crippen LogP contribution in [0.5, 0.6) is 0 Å². The molecule has 3 N–H and O–H groups in total. The van der Waals surface area contributed by atoms with E-state index in [2.05, 4.69) is 34.7 Å². The summed E-state index contributed by atoms with van der Waals surface area (Å²) in [6, 6.07) is 6.17. The molecule has 5 nitrogen and oxygen atoms in total. The molecule has 0 radical (unpaired) electrons. The van der Waals surface area contributed by atoms with Crippen molar-refractivity contribution in [2.75, 3.05) is 25.3 Å². The van der Waals surface area contributed by atoms with Crippen molar-refractivity contribution in [2.24, 2.45) is 5.73 Å². The first-order valence-electron chi connectivity index (χ1n) is 5.69. The van der Waals surface area contributed by atoms with Crippen LogP contribution in [-0.4, -0.2) is 39.6 Å². The molecule has 1 rings (SSSR count). The third-order valence-corrected chi connectivity index (χ3v) is 4.23. The average molecular weight is 314 g/mol. The standard InChI is InChI=1S/C13H18N2O3S2/c1-19(2,3)9-8-11-4-6-12(7-5-11)20(17,18)15-10-13(14)16/h4-7,15H,10H2,1-3H3,(H2,14,16). The number of carbonyl (C=O) groups is 1. The van der Waals surface area contributed by atoms with E-state index in [1.54, 1.807) is 12.1 Å². The molecule has 0 saturated heterocycles. The Bertz CT molecular complexity index is 648. The maximum atomic E-state index is 11.8. The molecule has 0 aliphatic heterocycles. The Morgan fingerprint density at radius 3 is 2.20 bits per heavy atom. The first kappa shape index (κ1) is 16.6. The van der Waals surface area contributed by atoms with Crippen LogP contribution in [-0.2, 0) is 14.8 Å². The molecule has 0 spiro atoms. The molecule has 7 heteroatoms. The molecule has 0 fully saturated rings. The number of rotatable bonds is 4. The second-order valence-corrected chi connectivity index (χ2v) is 10.5. The molecule has 1 aromatic carbocycles. The highest BCUT2D eigenvalue weighted by molar-refractivity contribution is 8.35. The third-order valence-electron chi connectivity index (χ3n) is 2.10. The van der Waals surface area contributed by atoms with E-state index in [0.29, 0.717) is 0 Å². The fraction of sp³-hybridized carbons (Fsp3) is 0.308. The predicted octanol–water partition coefficient (Wildman–Crippen LogP) is 0.453. The number of sulfonamides is 1. The van der Waals surface area contributed by atoms with Gasteiger partial charge in [-0.1, -0.05) is 5.92 Å². The summed E-state index contributed by atoms with van der Waals surface area (Å²) in [5.41, 5.74) is 5.65. The van der Waals surface area contributed by atoms with Gasteiger partial charge in [0.05, 0.1) is 11.4 Å². The Morgan fingerprint density at radius 1 is 1.20 bits per heavy atom. The minimum absolute atomic E-state index is 0.0763. The summed E-state index contributed by atoms with van der Waals surface area (Å²) in [6.45, 7) is -0.419. The average Bonchev–Trinajstić information content (AvgIpc) is 2.34. The van der Waals surface area contributed by atoms with Crippen LogP contribution in [0.2, 0.25) is 0 Å². The van der Waals surface area contributed by atoms with Crippen molar-refractivity contribution in [1.29, 1.82) is 0 Å². The summed E-state index contributed by atoms with van der Waals surface area (Å²) >= 11 is 0. The van der Waals surface area contributed by atoms with Gasteiger partial charge < -0.3 is 5.73 Å². The second kappa shape index (κ2) is 6.31. The number of carbonyl (C=O) groups excluding carboxylic acids is 1. The van der Waals surface area contributed by atoms with Gasteiger partial charge in [-0.2, -0.15) is 10.0 Å². The monoisotopic (exact) mass is 314 g/mol. The number of nitrogens with one attached hydrogen (secondary N) is 1. The lowest BCUT2D eigenvalue weighted by atomic mass is 10.2. The van der Waals surface area contributed by atoms with E-state index in [1.807, 2.05) is 0 Å². The quantitative estimate of drug-likeness (QED) is 0.791. The summed E-state index contributed by atoms with van der Waals surface area (Å²) in [5, 5.41) is 3.14. The van der Waals surface area contributed by atoms with E-state index in [9.17, 15) is 13.2 Å². The number of benzene rings is 1. The van der Waals surface area contributed by atoms with Crippen molar-refractivity contribution in [3.05, 3.63) is 29.8 Å². The lowest BCUT2D eigenvalue weighted by Gasteiger charge is -2.14. The van der Waals surface area contributed by atoms with Crippen LogP contribution in [0.4, 0.5) is 0 Å². The van der Waals surface area contributed by atoms with Gasteiger partial charge in [0.25, 0.3) is 0 Å². The van der Waals surface area contributed by atoms with Gasteiger partial charge in [0.15, 0.2) is 0 Å². The first-order chi connectivity index (χ1) is 9.10. The molecule has 0 heterocycles. The van der Waals surface area contributed by atoms with E-state index >= 15 is 0 Å². The lowest BCUT2D eigenvalue weighted by Crippen LogP contribution is -2.33. The van der Waals surface area contributed by atoms with Gasteiger partial charge in [-0.3, -0.25) is 4.79 Å². The Balaban J connectivity index is 2.90. The van der Waals surface area contributed by atoms with Crippen molar-refractivity contribution in [3.63, 3.8) is 0 Å². The minimum atomic E-state index is -3.71. The zero-order valence-corrected chi connectivity index (χ0v) is 13.3. The van der Waals surface area contributed by atoms with Crippen molar-refractivity contribution in [1.82, 2.24) is 4.72 Å². The van der Waals surface area contributed by atoms with Crippen LogP contribution in [0.25, 0.3) is 0 Å². The van der Waals surface area contributed by atoms with Crippen molar-refractivity contribution >= 4 is 26.0 Å². The maximum Gasteiger partial charge on any atom is 0.241 e. The van der Waals surface area contributed by atoms with Gasteiger partial charge in [0, 0.05) is 5.56 Å². The smallest absolute Gasteiger partial charge is 0.241 e. The SMILES string of the molecule is CS(C)(C)C#Cc1ccc(S(=O)(=O)NCC(N)=O)cc1. The topological polar surface area (TPSA) is 89.3 Å². The van der Waals surface area contributed by atoms with Gasteiger partial charge in [0.1, 0.15) is 0 Å². The summed E-state index contributed by atoms with van der Waals surface area (Å²) in [6.07, 6.45) is 6.23. The van der Waals surface area contributed by atoms with Crippen LogP contribution in [0.3, 0.4) is 0 Å². The van der Waals surface area contributed by atoms with E-state index in [1.165, 1.54) is 12.1 Å². The fourth-order valence-electron chi connectivity index (χ4n) is 1.18. The van der Waals surface area contributed by atoms with Crippen LogP contribution < -0.4 is 10.5 Å². The summed E-state index contributed by atoms with van der Waals surface area (Å²) in [5.74, 6) is 2.28. The maximum absolute atomic E-state index is 11.8. The number of hydrogen-bond donors (Lipinski definition) is 2. The molecule has 0 unspecified atom stereocenters. The van der Waals surface area contributed by atoms with Crippen LogP contribution >= 0.6 is 10.0 Å². The predicted molar refractivity (Wildman–Crippen MR) is 83.1 cm³/mol. The fourth-order valence-corrected chi connectivity index (χ4v) is 2.60. The van der Waals surface area contributed by atoms with Gasteiger partial charge >= 0.3 is 0 Å². The molecule has 1 aromatic rings. The Hall–Kier alpha value is -1.49. The van der Waals surface area contributed by atoms with Crippen molar-refractivity contribution in [3.8, 4) is 11.2 Å². The number of amides is 1. The molecule has 0 bridgehead atoms. The third kappa shape index (κ3) is 5.65. The van der Waals surface area contributed by atoms with Crippen LogP contribution in [0.1, 0.15) is 5.56 Å². The van der Waals surface area contributed by atoms with E-state index in [4.69, 9.17) is 5.73 Å². The van der Waals surface area contributed by atoms with E-state index in [0.717, 1.165) is 5.56 Å². The van der Waals surface area contributed by atoms with Gasteiger partial charge in [-0.15, -0.1) is 0 Å². The lowest BCUT2D eigenvalue weighted by molar-refractivity contribution is -0.116. The highest BCUT2D eigenvalue weighted by Crippen LogP contribution is 2.32. The van der Waals surface area contributed by atoms with Gasteiger partial charge in [0.2, 0.25) is 15.9 Å². The van der Waals surface area contributed by atoms with E-state index < -0.39 is 32.5 Å². The molecule has 0 aliphatic carbocycles. The molecular formula is C13H18N2O3S2. The zero-order valence-electron chi connectivity index (χ0n) is 11.6. The Morgan fingerprint density at radius 2 is 1.75 bits per heavy atom. The highest BCUT2D eigenvalue weighted by Gasteiger charge is 2.14. The number of nitrogens with two attached hydrogens (primary N) is 1. The van der Waals surface area contributed by atoms with Crippen LogP contribution in [0.15, 0.2) is 29.2 Å². The molecular weight excluding hydrogens is 296 g/mol. The largest absolute Gasteiger partial charge is 0.369 e. The molecule has 110 valence electrons. The number of hydrogen-bond acceptors (Lipinski definition) is 3. The second-order valence-electron chi connectivity index (χ2n) is 4.88. The molecule has 20 heavy (non-hydrogen) atoms. The summed E-state index contributed by atoms with van der Waals surface area (Å²) in [7, 11) is -4.63. The molecule has 1 amide bonds. The molecule has 0 aliphatic rings. The Kier molecular flexibility index (Phi) is 5.22.